The molecule has 0 bridgehead atoms. The summed E-state index contributed by atoms with van der Waals surface area (Å²) in [6.07, 6.45) is 4.23. The molecule has 0 spiro atoms. The Labute approximate surface area is 162 Å². The zero-order chi connectivity index (χ0) is 19.5. The summed E-state index contributed by atoms with van der Waals surface area (Å²) < 4.78 is 17.0. The van der Waals surface area contributed by atoms with Crippen molar-refractivity contribution in [1.82, 2.24) is 0 Å². The Morgan fingerprint density at radius 2 is 1.59 bits per heavy atom. The minimum absolute atomic E-state index is 0.00673. The van der Waals surface area contributed by atoms with Crippen molar-refractivity contribution in [2.24, 2.45) is 0 Å². The molecule has 0 aromatic heterocycles. The van der Waals surface area contributed by atoms with Crippen LogP contribution in [0.5, 0.6) is 11.5 Å². The summed E-state index contributed by atoms with van der Waals surface area (Å²) in [7, 11) is 0. The first-order chi connectivity index (χ1) is 13.2. The predicted molar refractivity (Wildman–Crippen MR) is 108 cm³/mol. The summed E-state index contributed by atoms with van der Waals surface area (Å²) >= 11 is 0. The molecule has 146 valence electrons. The average molecular weight is 370 g/mol. The van der Waals surface area contributed by atoms with Gasteiger partial charge >= 0.3 is 5.97 Å². The highest BCUT2D eigenvalue weighted by atomic mass is 16.6. The van der Waals surface area contributed by atoms with Gasteiger partial charge in [0.1, 0.15) is 0 Å². The molecule has 0 saturated carbocycles. The number of carbonyl (C=O) groups excluding carboxylic acids is 1. The maximum Gasteiger partial charge on any atom is 0.343 e. The highest BCUT2D eigenvalue weighted by Crippen LogP contribution is 2.28. The smallest absolute Gasteiger partial charge is 0.343 e. The van der Waals surface area contributed by atoms with E-state index in [4.69, 9.17) is 14.2 Å². The van der Waals surface area contributed by atoms with E-state index >= 15 is 0 Å². The van der Waals surface area contributed by atoms with Crippen LogP contribution >= 0.6 is 0 Å². The lowest BCUT2D eigenvalue weighted by Gasteiger charge is -2.14. The van der Waals surface area contributed by atoms with Gasteiger partial charge in [-0.05, 0) is 49.6 Å². The van der Waals surface area contributed by atoms with Crippen molar-refractivity contribution >= 4 is 5.97 Å². The van der Waals surface area contributed by atoms with Crippen LogP contribution in [-0.4, -0.2) is 19.2 Å². The Hall–Kier alpha value is -2.33. The molecule has 4 heteroatoms. The molecule has 0 amide bonds. The van der Waals surface area contributed by atoms with Crippen molar-refractivity contribution in [2.75, 3.05) is 13.2 Å². The Kier molecular flexibility index (Phi) is 8.85. The summed E-state index contributed by atoms with van der Waals surface area (Å²) in [6.45, 7) is 7.58. The Balaban J connectivity index is 1.98. The maximum absolute atomic E-state index is 12.5. The van der Waals surface area contributed by atoms with Crippen LogP contribution in [0.1, 0.15) is 68.5 Å². The number of unbranched alkanes of at least 4 members (excludes halogenated alkanes) is 2. The molecule has 0 heterocycles. The lowest BCUT2D eigenvalue weighted by molar-refractivity contribution is 0.0660. The van der Waals surface area contributed by atoms with Gasteiger partial charge in [-0.1, -0.05) is 51.0 Å². The predicted octanol–water partition coefficient (Wildman–Crippen LogP) is 5.96. The molecule has 4 nitrogen and oxygen atoms in total. The monoisotopic (exact) mass is 370 g/mol. The van der Waals surface area contributed by atoms with Crippen molar-refractivity contribution in [3.05, 3.63) is 59.7 Å². The van der Waals surface area contributed by atoms with Crippen LogP contribution in [0.2, 0.25) is 0 Å². The first-order valence-electron chi connectivity index (χ1n) is 9.81. The zero-order valence-corrected chi connectivity index (χ0v) is 16.6. The minimum atomic E-state index is -0.395. The van der Waals surface area contributed by atoms with E-state index in [-0.39, 0.29) is 6.10 Å². The molecule has 2 rings (SSSR count). The number of hydrogen-bond donors (Lipinski definition) is 0. The number of rotatable bonds is 11. The van der Waals surface area contributed by atoms with Gasteiger partial charge in [-0.15, -0.1) is 0 Å². The standard InChI is InChI=1S/C23H30O4/c1-4-6-9-17-26-21-10-7-8-11-22(21)27-23(24)20-14-12-19(13-15-20)18(3)25-16-5-2/h7-8,10-15,18H,4-6,9,16-17H2,1-3H3. The maximum atomic E-state index is 12.5. The second-order valence-corrected chi connectivity index (χ2v) is 6.53. The quantitative estimate of drug-likeness (QED) is 0.278. The molecule has 1 atom stereocenters. The lowest BCUT2D eigenvalue weighted by atomic mass is 10.1. The van der Waals surface area contributed by atoms with Crippen molar-refractivity contribution in [1.29, 1.82) is 0 Å². The minimum Gasteiger partial charge on any atom is -0.490 e. The zero-order valence-electron chi connectivity index (χ0n) is 16.6. The van der Waals surface area contributed by atoms with Gasteiger partial charge in [0, 0.05) is 6.61 Å². The highest BCUT2D eigenvalue weighted by molar-refractivity contribution is 5.91. The van der Waals surface area contributed by atoms with Crippen molar-refractivity contribution in [2.45, 2.75) is 52.6 Å². The fraction of sp³-hybridized carbons (Fsp3) is 0.435. The normalized spacial score (nSPS) is 11.8. The Morgan fingerprint density at radius 3 is 2.26 bits per heavy atom. The summed E-state index contributed by atoms with van der Waals surface area (Å²) in [4.78, 5) is 12.5. The molecule has 0 radical (unpaired) electrons. The molecular weight excluding hydrogens is 340 g/mol. The van der Waals surface area contributed by atoms with Gasteiger partial charge in [-0.2, -0.15) is 0 Å². The molecule has 0 N–H and O–H groups in total. The molecule has 27 heavy (non-hydrogen) atoms. The average Bonchev–Trinajstić information content (AvgIpc) is 2.70. The molecule has 2 aromatic rings. The van der Waals surface area contributed by atoms with Gasteiger partial charge in [-0.3, -0.25) is 0 Å². The number of carbonyl (C=O) groups is 1. The fourth-order valence-corrected chi connectivity index (χ4v) is 2.63. The second kappa shape index (κ2) is 11.4. The first kappa shape index (κ1) is 21.0. The third kappa shape index (κ3) is 6.72. The molecule has 0 saturated heterocycles. The summed E-state index contributed by atoms with van der Waals surface area (Å²) in [5.41, 5.74) is 1.54. The van der Waals surface area contributed by atoms with Gasteiger partial charge < -0.3 is 14.2 Å². The number of para-hydroxylation sites is 2. The number of benzene rings is 2. The van der Waals surface area contributed by atoms with Gasteiger partial charge in [0.05, 0.1) is 18.3 Å². The highest BCUT2D eigenvalue weighted by Gasteiger charge is 2.13. The van der Waals surface area contributed by atoms with E-state index < -0.39 is 5.97 Å². The topological polar surface area (TPSA) is 44.8 Å². The third-order valence-corrected chi connectivity index (χ3v) is 4.25. The van der Waals surface area contributed by atoms with Crippen LogP contribution in [0.15, 0.2) is 48.5 Å². The summed E-state index contributed by atoms with van der Waals surface area (Å²) in [6, 6.07) is 14.6. The molecule has 2 aromatic carbocycles. The lowest BCUT2D eigenvalue weighted by Crippen LogP contribution is -2.10. The fourth-order valence-electron chi connectivity index (χ4n) is 2.63. The van der Waals surface area contributed by atoms with E-state index in [1.165, 1.54) is 0 Å². The number of ether oxygens (including phenoxy) is 3. The van der Waals surface area contributed by atoms with Crippen molar-refractivity contribution < 1.29 is 19.0 Å². The van der Waals surface area contributed by atoms with E-state index in [2.05, 4.69) is 13.8 Å². The molecular formula is C23H30O4. The molecule has 0 aliphatic carbocycles. The molecule has 1 unspecified atom stereocenters. The van der Waals surface area contributed by atoms with E-state index in [0.717, 1.165) is 37.9 Å². The van der Waals surface area contributed by atoms with E-state index in [1.54, 1.807) is 18.2 Å². The SMILES string of the molecule is CCCCCOc1ccccc1OC(=O)c1ccc(C(C)OCCC)cc1. The van der Waals surface area contributed by atoms with Crippen molar-refractivity contribution in [3.8, 4) is 11.5 Å². The van der Waals surface area contributed by atoms with Crippen molar-refractivity contribution in [3.63, 3.8) is 0 Å². The molecule has 0 aliphatic heterocycles. The molecule has 0 fully saturated rings. The Morgan fingerprint density at radius 1 is 0.889 bits per heavy atom. The van der Waals surface area contributed by atoms with Crippen LogP contribution in [0, 0.1) is 0 Å². The van der Waals surface area contributed by atoms with Gasteiger partial charge in [0.25, 0.3) is 0 Å². The van der Waals surface area contributed by atoms with Crippen LogP contribution in [0.4, 0.5) is 0 Å². The van der Waals surface area contributed by atoms with E-state index in [9.17, 15) is 4.79 Å². The van der Waals surface area contributed by atoms with Gasteiger partial charge in [0.15, 0.2) is 11.5 Å². The summed E-state index contributed by atoms with van der Waals surface area (Å²) in [5.74, 6) is 0.649. The van der Waals surface area contributed by atoms with Crippen LogP contribution in [0.25, 0.3) is 0 Å². The second-order valence-electron chi connectivity index (χ2n) is 6.53. The largest absolute Gasteiger partial charge is 0.490 e. The van der Waals surface area contributed by atoms with E-state index in [1.807, 2.05) is 37.3 Å². The van der Waals surface area contributed by atoms with E-state index in [0.29, 0.717) is 23.7 Å². The number of esters is 1. The molecule has 0 aliphatic rings. The number of hydrogen-bond acceptors (Lipinski definition) is 4. The first-order valence-corrected chi connectivity index (χ1v) is 9.81. The van der Waals surface area contributed by atoms with Crippen LogP contribution in [0.3, 0.4) is 0 Å². The Bertz CT molecular complexity index is 694. The van der Waals surface area contributed by atoms with Gasteiger partial charge in [-0.25, -0.2) is 4.79 Å². The summed E-state index contributed by atoms with van der Waals surface area (Å²) in [5, 5.41) is 0. The van der Waals surface area contributed by atoms with Crippen LogP contribution in [-0.2, 0) is 4.74 Å². The van der Waals surface area contributed by atoms with Gasteiger partial charge in [0.2, 0.25) is 0 Å². The van der Waals surface area contributed by atoms with Crippen LogP contribution < -0.4 is 9.47 Å². The third-order valence-electron chi connectivity index (χ3n) is 4.25.